The minimum atomic E-state index is 0.555. The van der Waals surface area contributed by atoms with Gasteiger partial charge >= 0.3 is 0 Å². The zero-order valence-corrected chi connectivity index (χ0v) is 9.48. The Hall–Kier alpha value is -1.52. The molecule has 4 nitrogen and oxygen atoms in total. The Bertz CT molecular complexity index is 492. The Morgan fingerprint density at radius 3 is 2.75 bits per heavy atom. The number of halogens is 1. The maximum atomic E-state index is 6.08. The summed E-state index contributed by atoms with van der Waals surface area (Å²) in [6.45, 7) is 0.555. The third-order valence-corrected chi connectivity index (χ3v) is 2.59. The van der Waals surface area contributed by atoms with Gasteiger partial charge in [-0.2, -0.15) is 5.10 Å². The molecule has 0 amide bonds. The van der Waals surface area contributed by atoms with E-state index in [-0.39, 0.29) is 0 Å². The Morgan fingerprint density at radius 2 is 2.06 bits per heavy atom. The van der Waals surface area contributed by atoms with E-state index in [9.17, 15) is 0 Å². The minimum Gasteiger partial charge on any atom is -0.384 e. The van der Waals surface area contributed by atoms with Crippen LogP contribution < -0.4 is 11.5 Å². The molecule has 1 heterocycles. The number of rotatable bonds is 3. The average molecular weight is 237 g/mol. The third-order valence-electron chi connectivity index (χ3n) is 2.27. The van der Waals surface area contributed by atoms with Crippen LogP contribution in [0.3, 0.4) is 0 Å². The van der Waals surface area contributed by atoms with Gasteiger partial charge in [-0.15, -0.1) is 0 Å². The Balaban J connectivity index is 2.44. The predicted octanol–water partition coefficient (Wildman–Crippen LogP) is 1.61. The van der Waals surface area contributed by atoms with E-state index < -0.39 is 0 Å². The average Bonchev–Trinajstić information content (AvgIpc) is 2.61. The number of aromatic nitrogens is 2. The van der Waals surface area contributed by atoms with Crippen molar-refractivity contribution in [2.45, 2.75) is 6.42 Å². The van der Waals surface area contributed by atoms with Gasteiger partial charge < -0.3 is 11.5 Å². The number of hydrogen-bond acceptors (Lipinski definition) is 3. The van der Waals surface area contributed by atoms with E-state index in [2.05, 4.69) is 5.10 Å². The molecule has 0 saturated carbocycles. The van der Waals surface area contributed by atoms with Gasteiger partial charge in [-0.05, 0) is 18.7 Å². The summed E-state index contributed by atoms with van der Waals surface area (Å²) in [5.41, 5.74) is 13.0. The van der Waals surface area contributed by atoms with E-state index >= 15 is 0 Å². The number of hydrogen-bond donors (Lipinski definition) is 2. The van der Waals surface area contributed by atoms with Crippen molar-refractivity contribution in [2.75, 3.05) is 12.3 Å². The lowest BCUT2D eigenvalue weighted by Crippen LogP contribution is -2.05. The van der Waals surface area contributed by atoms with Gasteiger partial charge in [0.25, 0.3) is 0 Å². The molecular formula is C11H13ClN4. The van der Waals surface area contributed by atoms with Crippen molar-refractivity contribution in [2.24, 2.45) is 5.73 Å². The van der Waals surface area contributed by atoms with Crippen LogP contribution in [-0.4, -0.2) is 16.3 Å². The molecule has 0 bridgehead atoms. The highest BCUT2D eigenvalue weighted by Gasteiger charge is 2.08. The first-order chi connectivity index (χ1) is 7.72. The Morgan fingerprint density at radius 1 is 1.31 bits per heavy atom. The smallest absolute Gasteiger partial charge is 0.127 e. The molecule has 0 unspecified atom stereocenters. The van der Waals surface area contributed by atoms with E-state index in [1.807, 2.05) is 24.3 Å². The molecule has 16 heavy (non-hydrogen) atoms. The van der Waals surface area contributed by atoms with Crippen LogP contribution in [0.25, 0.3) is 5.69 Å². The second-order valence-corrected chi connectivity index (χ2v) is 3.87. The van der Waals surface area contributed by atoms with Gasteiger partial charge in [-0.3, -0.25) is 0 Å². The molecule has 1 aromatic carbocycles. The lowest BCUT2D eigenvalue weighted by molar-refractivity contribution is 0.827. The first kappa shape index (κ1) is 11.0. The molecule has 0 aliphatic rings. The van der Waals surface area contributed by atoms with Gasteiger partial charge in [0, 0.05) is 12.5 Å². The van der Waals surface area contributed by atoms with Crippen molar-refractivity contribution in [1.29, 1.82) is 0 Å². The van der Waals surface area contributed by atoms with Crippen LogP contribution in [0.2, 0.25) is 5.02 Å². The van der Waals surface area contributed by atoms with E-state index in [0.717, 1.165) is 11.4 Å². The Labute approximate surface area is 98.8 Å². The van der Waals surface area contributed by atoms with Crippen molar-refractivity contribution < 1.29 is 0 Å². The fourth-order valence-electron chi connectivity index (χ4n) is 1.53. The van der Waals surface area contributed by atoms with Crippen molar-refractivity contribution in [3.8, 4) is 5.69 Å². The Kier molecular flexibility index (Phi) is 3.12. The molecule has 5 heteroatoms. The summed E-state index contributed by atoms with van der Waals surface area (Å²) < 4.78 is 1.63. The first-order valence-electron chi connectivity index (χ1n) is 5.01. The summed E-state index contributed by atoms with van der Waals surface area (Å²) in [7, 11) is 0. The van der Waals surface area contributed by atoms with E-state index in [1.165, 1.54) is 0 Å². The molecule has 0 aliphatic heterocycles. The molecule has 0 radical (unpaired) electrons. The molecule has 4 N–H and O–H groups in total. The monoisotopic (exact) mass is 236 g/mol. The van der Waals surface area contributed by atoms with Gasteiger partial charge in [0.1, 0.15) is 5.82 Å². The van der Waals surface area contributed by atoms with Crippen LogP contribution in [0, 0.1) is 0 Å². The minimum absolute atomic E-state index is 0.555. The molecule has 2 aromatic rings. The first-order valence-corrected chi connectivity index (χ1v) is 5.39. The quantitative estimate of drug-likeness (QED) is 0.851. The highest BCUT2D eigenvalue weighted by Crippen LogP contribution is 2.22. The zero-order chi connectivity index (χ0) is 11.5. The SMILES string of the molecule is NCCc1cc(N)n(-c2ccccc2Cl)n1. The van der Waals surface area contributed by atoms with Gasteiger partial charge in [-0.25, -0.2) is 4.68 Å². The van der Waals surface area contributed by atoms with Crippen LogP contribution in [0.1, 0.15) is 5.69 Å². The van der Waals surface area contributed by atoms with Crippen molar-refractivity contribution in [3.63, 3.8) is 0 Å². The lowest BCUT2D eigenvalue weighted by Gasteiger charge is -2.05. The fourth-order valence-corrected chi connectivity index (χ4v) is 1.75. The van der Waals surface area contributed by atoms with Gasteiger partial charge in [0.05, 0.1) is 16.4 Å². The molecule has 0 saturated heterocycles. The number of nitrogens with zero attached hydrogens (tertiary/aromatic N) is 2. The molecule has 0 atom stereocenters. The second kappa shape index (κ2) is 4.55. The van der Waals surface area contributed by atoms with E-state index in [4.69, 9.17) is 23.1 Å². The number of nitrogen functional groups attached to an aromatic ring is 1. The number of benzene rings is 1. The van der Waals surface area contributed by atoms with Crippen LogP contribution in [0.4, 0.5) is 5.82 Å². The van der Waals surface area contributed by atoms with Crippen LogP contribution in [0.5, 0.6) is 0 Å². The molecule has 0 fully saturated rings. The zero-order valence-electron chi connectivity index (χ0n) is 8.73. The normalized spacial score (nSPS) is 10.6. The highest BCUT2D eigenvalue weighted by atomic mass is 35.5. The van der Waals surface area contributed by atoms with Gasteiger partial charge in [0.15, 0.2) is 0 Å². The number of para-hydroxylation sites is 1. The number of anilines is 1. The molecule has 84 valence electrons. The van der Waals surface area contributed by atoms with Crippen molar-refractivity contribution in [3.05, 3.63) is 41.0 Å². The van der Waals surface area contributed by atoms with Gasteiger partial charge in [0.2, 0.25) is 0 Å². The van der Waals surface area contributed by atoms with Crippen molar-refractivity contribution in [1.82, 2.24) is 9.78 Å². The van der Waals surface area contributed by atoms with Crippen LogP contribution in [-0.2, 0) is 6.42 Å². The summed E-state index contributed by atoms with van der Waals surface area (Å²) in [6, 6.07) is 9.26. The van der Waals surface area contributed by atoms with Gasteiger partial charge in [-0.1, -0.05) is 23.7 Å². The highest BCUT2D eigenvalue weighted by molar-refractivity contribution is 6.32. The summed E-state index contributed by atoms with van der Waals surface area (Å²) >= 11 is 6.08. The predicted molar refractivity (Wildman–Crippen MR) is 65.7 cm³/mol. The molecule has 2 rings (SSSR count). The van der Waals surface area contributed by atoms with Crippen molar-refractivity contribution >= 4 is 17.4 Å². The van der Waals surface area contributed by atoms with Crippen LogP contribution in [0.15, 0.2) is 30.3 Å². The number of nitrogens with two attached hydrogens (primary N) is 2. The molecule has 1 aromatic heterocycles. The lowest BCUT2D eigenvalue weighted by atomic mass is 10.3. The topological polar surface area (TPSA) is 69.9 Å². The molecule has 0 aliphatic carbocycles. The third kappa shape index (κ3) is 2.03. The maximum absolute atomic E-state index is 6.08. The second-order valence-electron chi connectivity index (χ2n) is 3.46. The van der Waals surface area contributed by atoms with E-state index in [0.29, 0.717) is 23.8 Å². The summed E-state index contributed by atoms with van der Waals surface area (Å²) in [4.78, 5) is 0. The standard InChI is InChI=1S/C11H13ClN4/c12-9-3-1-2-4-10(9)16-11(14)7-8(15-16)5-6-13/h1-4,7H,5-6,13-14H2. The largest absolute Gasteiger partial charge is 0.384 e. The fraction of sp³-hybridized carbons (Fsp3) is 0.182. The van der Waals surface area contributed by atoms with Crippen LogP contribution >= 0.6 is 11.6 Å². The molecule has 0 spiro atoms. The molecular weight excluding hydrogens is 224 g/mol. The summed E-state index contributed by atoms with van der Waals surface area (Å²) in [5.74, 6) is 0.566. The van der Waals surface area contributed by atoms with E-state index in [1.54, 1.807) is 10.7 Å². The maximum Gasteiger partial charge on any atom is 0.127 e. The summed E-state index contributed by atoms with van der Waals surface area (Å²) in [6.07, 6.45) is 0.710. The summed E-state index contributed by atoms with van der Waals surface area (Å²) in [5, 5.41) is 4.98.